The molecule has 3 heteroatoms. The van der Waals surface area contributed by atoms with Gasteiger partial charge in [-0.15, -0.1) is 11.3 Å². The van der Waals surface area contributed by atoms with Crippen molar-refractivity contribution in [2.24, 2.45) is 0 Å². The zero-order valence-corrected chi connectivity index (χ0v) is 10.4. The molecule has 2 atom stereocenters. The largest absolute Gasteiger partial charge is 0.308 e. The van der Waals surface area contributed by atoms with Gasteiger partial charge in [0.2, 0.25) is 0 Å². The van der Waals surface area contributed by atoms with Gasteiger partial charge in [-0.1, -0.05) is 6.92 Å². The molecule has 1 fully saturated rings. The first kappa shape index (κ1) is 10.5. The molecule has 2 heterocycles. The minimum absolute atomic E-state index is 0.734. The van der Waals surface area contributed by atoms with Crippen molar-refractivity contribution in [3.63, 3.8) is 0 Å². The Kier molecular flexibility index (Phi) is 3.52. The molecule has 0 amide bonds. The van der Waals surface area contributed by atoms with E-state index >= 15 is 0 Å². The molecule has 0 aliphatic carbocycles. The highest BCUT2D eigenvalue weighted by Crippen LogP contribution is 2.26. The Morgan fingerprint density at radius 2 is 2.43 bits per heavy atom. The molecule has 0 saturated carbocycles. The first-order chi connectivity index (χ1) is 6.74. The quantitative estimate of drug-likeness (QED) is 0.852. The summed E-state index contributed by atoms with van der Waals surface area (Å²) in [5.74, 6) is 1.28. The maximum absolute atomic E-state index is 3.63. The third-order valence-corrected chi connectivity index (χ3v) is 4.96. The summed E-state index contributed by atoms with van der Waals surface area (Å²) in [5, 5.41) is 6.70. The van der Waals surface area contributed by atoms with Crippen LogP contribution >= 0.6 is 23.1 Å². The van der Waals surface area contributed by atoms with Gasteiger partial charge in [0.25, 0.3) is 0 Å². The summed E-state index contributed by atoms with van der Waals surface area (Å²) in [4.78, 5) is 1.46. The van der Waals surface area contributed by atoms with Crippen molar-refractivity contribution >= 4 is 23.1 Å². The molecule has 0 radical (unpaired) electrons. The van der Waals surface area contributed by atoms with E-state index in [9.17, 15) is 0 Å². The van der Waals surface area contributed by atoms with Gasteiger partial charge >= 0.3 is 0 Å². The summed E-state index contributed by atoms with van der Waals surface area (Å²) in [6.07, 6.45) is 1.33. The predicted molar refractivity (Wildman–Crippen MR) is 66.2 cm³/mol. The molecule has 1 nitrogen and oxygen atoms in total. The standard InChI is InChI=1S/C11H17NS2/c1-8-3-11(14-6-8)5-12-10-4-9(2)13-7-10/h3,6,9-10,12H,4-5,7H2,1-2H3. The Bertz CT molecular complexity index is 295. The summed E-state index contributed by atoms with van der Waals surface area (Å²) in [5.41, 5.74) is 1.39. The van der Waals surface area contributed by atoms with Crippen LogP contribution in [-0.4, -0.2) is 17.0 Å². The van der Waals surface area contributed by atoms with E-state index in [1.165, 1.54) is 22.6 Å². The highest BCUT2D eigenvalue weighted by Gasteiger charge is 2.20. The number of nitrogens with one attached hydrogen (secondary N) is 1. The maximum Gasteiger partial charge on any atom is 0.0302 e. The average molecular weight is 227 g/mol. The van der Waals surface area contributed by atoms with Crippen molar-refractivity contribution in [2.75, 3.05) is 5.75 Å². The molecular weight excluding hydrogens is 210 g/mol. The van der Waals surface area contributed by atoms with Crippen LogP contribution in [0.2, 0.25) is 0 Å². The number of hydrogen-bond acceptors (Lipinski definition) is 3. The molecule has 1 aliphatic heterocycles. The Labute approximate surface area is 94.3 Å². The van der Waals surface area contributed by atoms with Gasteiger partial charge in [0.1, 0.15) is 0 Å². The summed E-state index contributed by atoms with van der Waals surface area (Å²) in [6, 6.07) is 3.01. The fourth-order valence-corrected chi connectivity index (χ4v) is 3.80. The van der Waals surface area contributed by atoms with Gasteiger partial charge in [-0.2, -0.15) is 11.8 Å². The van der Waals surface area contributed by atoms with Crippen molar-refractivity contribution in [3.8, 4) is 0 Å². The van der Waals surface area contributed by atoms with E-state index in [0.29, 0.717) is 0 Å². The number of thioether (sulfide) groups is 1. The zero-order chi connectivity index (χ0) is 9.97. The Balaban J connectivity index is 1.77. The highest BCUT2D eigenvalue weighted by atomic mass is 32.2. The van der Waals surface area contributed by atoms with E-state index < -0.39 is 0 Å². The summed E-state index contributed by atoms with van der Waals surface area (Å²) in [7, 11) is 0. The average Bonchev–Trinajstić information content (AvgIpc) is 2.72. The Morgan fingerprint density at radius 1 is 1.57 bits per heavy atom. The highest BCUT2D eigenvalue weighted by molar-refractivity contribution is 8.00. The predicted octanol–water partition coefficient (Wildman–Crippen LogP) is 3.04. The van der Waals surface area contributed by atoms with Gasteiger partial charge in [-0.3, -0.25) is 0 Å². The van der Waals surface area contributed by atoms with Gasteiger partial charge < -0.3 is 5.32 Å². The van der Waals surface area contributed by atoms with Crippen LogP contribution in [0.4, 0.5) is 0 Å². The third kappa shape index (κ3) is 2.75. The molecule has 2 unspecified atom stereocenters. The number of rotatable bonds is 3. The van der Waals surface area contributed by atoms with Crippen LogP contribution in [0.1, 0.15) is 23.8 Å². The fourth-order valence-electron chi connectivity index (χ4n) is 1.79. The van der Waals surface area contributed by atoms with Gasteiger partial charge in [0.15, 0.2) is 0 Å². The van der Waals surface area contributed by atoms with Crippen molar-refractivity contribution in [2.45, 2.75) is 38.1 Å². The summed E-state index contributed by atoms with van der Waals surface area (Å²) < 4.78 is 0. The molecule has 1 aromatic rings. The fraction of sp³-hybridized carbons (Fsp3) is 0.636. The lowest BCUT2D eigenvalue weighted by molar-refractivity contribution is 0.541. The van der Waals surface area contributed by atoms with Crippen molar-refractivity contribution in [1.29, 1.82) is 0 Å². The van der Waals surface area contributed by atoms with Gasteiger partial charge in [-0.25, -0.2) is 0 Å². The maximum atomic E-state index is 3.63. The Morgan fingerprint density at radius 3 is 3.00 bits per heavy atom. The molecule has 2 rings (SSSR count). The van der Waals surface area contributed by atoms with E-state index in [4.69, 9.17) is 0 Å². The number of thiophene rings is 1. The second-order valence-corrected chi connectivity index (χ2v) is 6.52. The number of aryl methyl sites for hydroxylation is 1. The molecule has 0 bridgehead atoms. The van der Waals surface area contributed by atoms with Crippen molar-refractivity contribution in [1.82, 2.24) is 5.32 Å². The third-order valence-electron chi connectivity index (χ3n) is 2.55. The molecule has 0 spiro atoms. The second-order valence-electron chi connectivity index (χ2n) is 4.05. The van der Waals surface area contributed by atoms with Crippen LogP contribution in [-0.2, 0) is 6.54 Å². The summed E-state index contributed by atoms with van der Waals surface area (Å²) in [6.45, 7) is 5.53. The minimum atomic E-state index is 0.734. The van der Waals surface area contributed by atoms with Crippen LogP contribution in [0, 0.1) is 6.92 Å². The first-order valence-corrected chi connectivity index (χ1v) is 7.06. The minimum Gasteiger partial charge on any atom is -0.308 e. The molecule has 1 N–H and O–H groups in total. The van der Waals surface area contributed by atoms with Gasteiger partial charge in [0, 0.05) is 28.5 Å². The van der Waals surface area contributed by atoms with Gasteiger partial charge in [-0.05, 0) is 30.4 Å². The molecular formula is C11H17NS2. The molecule has 1 aromatic heterocycles. The molecule has 78 valence electrons. The lowest BCUT2D eigenvalue weighted by Crippen LogP contribution is -2.28. The lowest BCUT2D eigenvalue weighted by Gasteiger charge is -2.09. The first-order valence-electron chi connectivity index (χ1n) is 5.13. The molecule has 14 heavy (non-hydrogen) atoms. The number of hydrogen-bond donors (Lipinski definition) is 1. The van der Waals surface area contributed by atoms with E-state index in [1.54, 1.807) is 0 Å². The van der Waals surface area contributed by atoms with Crippen molar-refractivity contribution < 1.29 is 0 Å². The lowest BCUT2D eigenvalue weighted by atomic mass is 10.2. The summed E-state index contributed by atoms with van der Waals surface area (Å²) >= 11 is 3.95. The van der Waals surface area contributed by atoms with E-state index in [2.05, 4.69) is 42.4 Å². The zero-order valence-electron chi connectivity index (χ0n) is 8.75. The van der Waals surface area contributed by atoms with Crippen molar-refractivity contribution in [3.05, 3.63) is 21.9 Å². The smallest absolute Gasteiger partial charge is 0.0302 e. The van der Waals surface area contributed by atoms with Crippen LogP contribution in [0.3, 0.4) is 0 Å². The monoisotopic (exact) mass is 227 g/mol. The van der Waals surface area contributed by atoms with Crippen LogP contribution in [0.15, 0.2) is 11.4 Å². The molecule has 1 saturated heterocycles. The SMILES string of the molecule is Cc1csc(CNC2CSC(C)C2)c1. The van der Waals surface area contributed by atoms with E-state index in [0.717, 1.165) is 17.8 Å². The normalized spacial score (nSPS) is 27.0. The Hall–Kier alpha value is 0.01000. The molecule has 0 aromatic carbocycles. The van der Waals surface area contributed by atoms with Crippen LogP contribution in [0.5, 0.6) is 0 Å². The molecule has 1 aliphatic rings. The van der Waals surface area contributed by atoms with Crippen LogP contribution in [0.25, 0.3) is 0 Å². The van der Waals surface area contributed by atoms with Gasteiger partial charge in [0.05, 0.1) is 0 Å². The topological polar surface area (TPSA) is 12.0 Å². The second kappa shape index (κ2) is 4.69. The van der Waals surface area contributed by atoms with Crippen LogP contribution < -0.4 is 5.32 Å². The van der Waals surface area contributed by atoms with E-state index in [-0.39, 0.29) is 0 Å². The van der Waals surface area contributed by atoms with E-state index in [1.807, 2.05) is 11.3 Å².